The molecular weight excluding hydrogens is 242 g/mol. The van der Waals surface area contributed by atoms with Crippen molar-refractivity contribution in [2.24, 2.45) is 10.1 Å². The number of hydrogen-bond donors (Lipinski definition) is 2. The number of rotatable bonds is 4. The molecule has 0 bridgehead atoms. The molecule has 1 amide bonds. The van der Waals surface area contributed by atoms with E-state index in [1.807, 2.05) is 6.21 Å². The smallest absolute Gasteiger partial charge is 0.286 e. The standard InChI is InChI=1S/C13H25N5O/c1-5-6-9-18-10(2)11(7-8-16-18)17-12(14-3)13(19)15-4/h8,10-11H,5-7,9H2,1-4H3,(H,14,17)(H,15,19)/t10-,11?/m1/s1. The Labute approximate surface area is 115 Å². The highest BCUT2D eigenvalue weighted by atomic mass is 16.2. The minimum atomic E-state index is -0.183. The maximum atomic E-state index is 11.6. The van der Waals surface area contributed by atoms with E-state index in [0.29, 0.717) is 5.84 Å². The predicted molar refractivity (Wildman–Crippen MR) is 78.5 cm³/mol. The summed E-state index contributed by atoms with van der Waals surface area (Å²) >= 11 is 0. The van der Waals surface area contributed by atoms with Crippen molar-refractivity contribution in [3.05, 3.63) is 0 Å². The lowest BCUT2D eigenvalue weighted by atomic mass is 10.0. The number of carbonyl (C=O) groups excluding carboxylic acids is 1. The van der Waals surface area contributed by atoms with Crippen LogP contribution in [0.15, 0.2) is 10.1 Å². The summed E-state index contributed by atoms with van der Waals surface area (Å²) in [6.07, 6.45) is 4.99. The van der Waals surface area contributed by atoms with Gasteiger partial charge >= 0.3 is 0 Å². The van der Waals surface area contributed by atoms with Crippen LogP contribution in [-0.4, -0.2) is 55.7 Å². The van der Waals surface area contributed by atoms with Gasteiger partial charge in [-0.25, -0.2) is 0 Å². The largest absolute Gasteiger partial charge is 0.361 e. The van der Waals surface area contributed by atoms with Gasteiger partial charge < -0.3 is 10.6 Å². The summed E-state index contributed by atoms with van der Waals surface area (Å²) in [5.41, 5.74) is 0. The molecule has 1 unspecified atom stereocenters. The number of carbonyl (C=O) groups is 1. The first kappa shape index (κ1) is 15.5. The zero-order valence-corrected chi connectivity index (χ0v) is 12.3. The van der Waals surface area contributed by atoms with Gasteiger partial charge in [-0.2, -0.15) is 5.10 Å². The molecule has 19 heavy (non-hydrogen) atoms. The van der Waals surface area contributed by atoms with Crippen LogP contribution in [0.2, 0.25) is 0 Å². The van der Waals surface area contributed by atoms with Gasteiger partial charge in [0, 0.05) is 33.3 Å². The second-order valence-electron chi connectivity index (χ2n) is 4.69. The van der Waals surface area contributed by atoms with Gasteiger partial charge in [0.25, 0.3) is 5.91 Å². The molecule has 0 saturated heterocycles. The zero-order chi connectivity index (χ0) is 14.3. The summed E-state index contributed by atoms with van der Waals surface area (Å²) in [4.78, 5) is 15.6. The molecule has 2 atom stereocenters. The van der Waals surface area contributed by atoms with Gasteiger partial charge in [-0.1, -0.05) is 13.3 Å². The van der Waals surface area contributed by atoms with Crippen molar-refractivity contribution in [2.75, 3.05) is 20.6 Å². The van der Waals surface area contributed by atoms with Crippen LogP contribution in [0.3, 0.4) is 0 Å². The van der Waals surface area contributed by atoms with Gasteiger partial charge in [0.15, 0.2) is 5.84 Å². The Balaban J connectivity index is 2.64. The fourth-order valence-electron chi connectivity index (χ4n) is 2.06. The van der Waals surface area contributed by atoms with E-state index < -0.39 is 0 Å². The van der Waals surface area contributed by atoms with Gasteiger partial charge in [0.1, 0.15) is 0 Å². The highest BCUT2D eigenvalue weighted by Gasteiger charge is 2.27. The molecule has 1 heterocycles. The van der Waals surface area contributed by atoms with Crippen LogP contribution in [0.1, 0.15) is 33.1 Å². The van der Waals surface area contributed by atoms with Crippen molar-refractivity contribution in [3.63, 3.8) is 0 Å². The molecule has 0 aliphatic carbocycles. The third-order valence-corrected chi connectivity index (χ3v) is 3.37. The van der Waals surface area contributed by atoms with Crippen LogP contribution in [0.5, 0.6) is 0 Å². The van der Waals surface area contributed by atoms with Gasteiger partial charge in [-0.05, 0) is 13.3 Å². The van der Waals surface area contributed by atoms with Crippen LogP contribution >= 0.6 is 0 Å². The van der Waals surface area contributed by atoms with Crippen LogP contribution < -0.4 is 10.6 Å². The average molecular weight is 267 g/mol. The minimum Gasteiger partial charge on any atom is -0.361 e. The normalized spacial score (nSPS) is 23.4. The van der Waals surface area contributed by atoms with E-state index in [4.69, 9.17) is 0 Å². The summed E-state index contributed by atoms with van der Waals surface area (Å²) < 4.78 is 0. The van der Waals surface area contributed by atoms with Crippen LogP contribution in [-0.2, 0) is 4.79 Å². The number of hydrogen-bond acceptors (Lipinski definition) is 4. The Bertz CT molecular complexity index is 353. The van der Waals surface area contributed by atoms with Crippen molar-refractivity contribution in [3.8, 4) is 0 Å². The van der Waals surface area contributed by atoms with Gasteiger partial charge in [0.05, 0.1) is 12.1 Å². The molecule has 6 heteroatoms. The molecule has 0 aromatic carbocycles. The second kappa shape index (κ2) is 7.76. The molecule has 0 aromatic heterocycles. The number of unbranched alkanes of at least 4 members (excludes halogenated alkanes) is 1. The number of nitrogens with one attached hydrogen (secondary N) is 2. The Morgan fingerprint density at radius 3 is 2.89 bits per heavy atom. The van der Waals surface area contributed by atoms with Crippen molar-refractivity contribution in [1.82, 2.24) is 15.6 Å². The number of aliphatic imine (C=N–C) groups is 1. The van der Waals surface area contributed by atoms with Crippen molar-refractivity contribution >= 4 is 18.0 Å². The van der Waals surface area contributed by atoms with E-state index in [9.17, 15) is 4.79 Å². The lowest BCUT2D eigenvalue weighted by molar-refractivity contribution is -0.114. The Kier molecular flexibility index (Phi) is 6.32. The zero-order valence-electron chi connectivity index (χ0n) is 12.3. The number of likely N-dealkylation sites (N-methyl/N-ethyl adjacent to an activating group) is 1. The molecule has 0 radical (unpaired) electrons. The summed E-state index contributed by atoms with van der Waals surface area (Å²) in [6.45, 7) is 5.24. The molecule has 108 valence electrons. The minimum absolute atomic E-state index is 0.158. The van der Waals surface area contributed by atoms with E-state index >= 15 is 0 Å². The van der Waals surface area contributed by atoms with E-state index in [0.717, 1.165) is 25.8 Å². The number of amides is 1. The lowest BCUT2D eigenvalue weighted by Crippen LogP contribution is -2.54. The molecule has 1 rings (SSSR count). The molecule has 1 aliphatic rings. The maximum Gasteiger partial charge on any atom is 0.286 e. The predicted octanol–water partition coefficient (Wildman–Crippen LogP) is 0.599. The van der Waals surface area contributed by atoms with Crippen molar-refractivity contribution in [2.45, 2.75) is 45.2 Å². The first-order chi connectivity index (χ1) is 9.13. The number of amidine groups is 1. The fourth-order valence-corrected chi connectivity index (χ4v) is 2.06. The summed E-state index contributed by atoms with van der Waals surface area (Å²) in [5.74, 6) is 0.197. The topological polar surface area (TPSA) is 69.1 Å². The maximum absolute atomic E-state index is 11.6. The Morgan fingerprint density at radius 2 is 2.32 bits per heavy atom. The highest BCUT2D eigenvalue weighted by molar-refractivity contribution is 6.37. The molecular formula is C13H25N5O. The lowest BCUT2D eigenvalue weighted by Gasteiger charge is -2.36. The summed E-state index contributed by atoms with van der Waals surface area (Å²) in [5, 5.41) is 12.3. The van der Waals surface area contributed by atoms with Gasteiger partial charge in [0.2, 0.25) is 0 Å². The van der Waals surface area contributed by atoms with Crippen molar-refractivity contribution < 1.29 is 4.79 Å². The molecule has 1 aliphatic heterocycles. The molecule has 0 spiro atoms. The van der Waals surface area contributed by atoms with E-state index in [-0.39, 0.29) is 18.0 Å². The third-order valence-electron chi connectivity index (χ3n) is 3.37. The highest BCUT2D eigenvalue weighted by Crippen LogP contribution is 2.13. The SMILES string of the molecule is CCCCN1N=CCC(NC(=NC)C(=O)NC)[C@H]1C. The molecule has 6 nitrogen and oxygen atoms in total. The fraction of sp³-hybridized carbons (Fsp3) is 0.769. The number of hydrazone groups is 1. The monoisotopic (exact) mass is 267 g/mol. The molecule has 2 N–H and O–H groups in total. The molecule has 0 saturated carbocycles. The van der Waals surface area contributed by atoms with Gasteiger partial charge in [-0.3, -0.25) is 14.8 Å². The van der Waals surface area contributed by atoms with E-state index in [1.165, 1.54) is 0 Å². The second-order valence-corrected chi connectivity index (χ2v) is 4.69. The van der Waals surface area contributed by atoms with Crippen LogP contribution in [0.4, 0.5) is 0 Å². The third kappa shape index (κ3) is 4.22. The Morgan fingerprint density at radius 1 is 1.58 bits per heavy atom. The van der Waals surface area contributed by atoms with E-state index in [1.54, 1.807) is 14.1 Å². The molecule has 0 aromatic rings. The Hall–Kier alpha value is -1.59. The van der Waals surface area contributed by atoms with Gasteiger partial charge in [-0.15, -0.1) is 0 Å². The van der Waals surface area contributed by atoms with Crippen molar-refractivity contribution in [1.29, 1.82) is 0 Å². The average Bonchev–Trinajstić information content (AvgIpc) is 2.44. The number of nitrogens with zero attached hydrogens (tertiary/aromatic N) is 3. The molecule has 0 fully saturated rings. The first-order valence-corrected chi connectivity index (χ1v) is 6.88. The first-order valence-electron chi connectivity index (χ1n) is 6.88. The summed E-state index contributed by atoms with van der Waals surface area (Å²) in [6, 6.07) is 0.406. The van der Waals surface area contributed by atoms with E-state index in [2.05, 4.69) is 39.6 Å². The summed E-state index contributed by atoms with van der Waals surface area (Å²) in [7, 11) is 3.22. The van der Waals surface area contributed by atoms with Crippen LogP contribution in [0, 0.1) is 0 Å². The quantitative estimate of drug-likeness (QED) is 0.579. The van der Waals surface area contributed by atoms with Crippen LogP contribution in [0.25, 0.3) is 0 Å².